The van der Waals surface area contributed by atoms with Crippen molar-refractivity contribution in [2.75, 3.05) is 0 Å². The van der Waals surface area contributed by atoms with Gasteiger partial charge in [0.05, 0.1) is 5.56 Å². The van der Waals surface area contributed by atoms with Gasteiger partial charge in [-0.3, -0.25) is 0 Å². The van der Waals surface area contributed by atoms with Crippen LogP contribution in [0.3, 0.4) is 0 Å². The third-order valence-electron chi connectivity index (χ3n) is 3.36. The second kappa shape index (κ2) is 4.61. The van der Waals surface area contributed by atoms with E-state index in [1.807, 2.05) is 0 Å². The molecule has 1 aliphatic carbocycles. The van der Waals surface area contributed by atoms with Gasteiger partial charge in [-0.2, -0.15) is 0 Å². The van der Waals surface area contributed by atoms with Crippen LogP contribution in [-0.2, 0) is 12.8 Å². The molecule has 4 heteroatoms. The number of carboxylic acids is 1. The maximum Gasteiger partial charge on any atom is 0.339 e. The third kappa shape index (κ3) is 2.14. The van der Waals surface area contributed by atoms with Crippen molar-refractivity contribution in [3.05, 3.63) is 27.0 Å². The molecule has 2 N–H and O–H groups in total. The monoisotopic (exact) mass is 251 g/mol. The SMILES string of the molecule is CC(C)c1[nH]c(=S)c(C(=O)O)c2c1CCCC2. The number of carbonyl (C=O) groups is 1. The topological polar surface area (TPSA) is 53.1 Å². The summed E-state index contributed by atoms with van der Waals surface area (Å²) >= 11 is 5.18. The molecule has 92 valence electrons. The lowest BCUT2D eigenvalue weighted by molar-refractivity contribution is 0.0694. The van der Waals surface area contributed by atoms with Crippen molar-refractivity contribution in [2.45, 2.75) is 45.4 Å². The van der Waals surface area contributed by atoms with E-state index in [2.05, 4.69) is 18.8 Å². The molecule has 2 rings (SSSR count). The molecule has 0 saturated heterocycles. The van der Waals surface area contributed by atoms with Crippen molar-refractivity contribution in [2.24, 2.45) is 0 Å². The number of aromatic amines is 1. The van der Waals surface area contributed by atoms with Crippen LogP contribution in [0.5, 0.6) is 0 Å². The Hall–Kier alpha value is -1.16. The fourth-order valence-corrected chi connectivity index (χ4v) is 2.92. The molecule has 0 aliphatic heterocycles. The van der Waals surface area contributed by atoms with Crippen LogP contribution in [0.4, 0.5) is 0 Å². The molecule has 0 bridgehead atoms. The first-order chi connectivity index (χ1) is 8.02. The molecule has 0 aromatic carbocycles. The highest BCUT2D eigenvalue weighted by Gasteiger charge is 2.23. The number of carboxylic acid groups (broad SMARTS) is 1. The van der Waals surface area contributed by atoms with Crippen molar-refractivity contribution in [3.63, 3.8) is 0 Å². The van der Waals surface area contributed by atoms with E-state index in [0.29, 0.717) is 16.1 Å². The van der Waals surface area contributed by atoms with Gasteiger partial charge >= 0.3 is 5.97 Å². The molecule has 1 aromatic rings. The number of pyridine rings is 1. The molecule has 0 unspecified atom stereocenters. The van der Waals surface area contributed by atoms with E-state index in [0.717, 1.165) is 36.9 Å². The second-order valence-corrected chi connectivity index (χ2v) is 5.28. The van der Waals surface area contributed by atoms with Gasteiger partial charge in [0.15, 0.2) is 0 Å². The molecule has 1 aromatic heterocycles. The Labute approximate surface area is 106 Å². The highest BCUT2D eigenvalue weighted by Crippen LogP contribution is 2.30. The summed E-state index contributed by atoms with van der Waals surface area (Å²) in [5.41, 5.74) is 3.60. The number of fused-ring (bicyclic) bond motifs is 1. The summed E-state index contributed by atoms with van der Waals surface area (Å²) < 4.78 is 0.377. The number of H-pyrrole nitrogens is 1. The van der Waals surface area contributed by atoms with Crippen LogP contribution in [0.25, 0.3) is 0 Å². The van der Waals surface area contributed by atoms with Crippen LogP contribution in [0.1, 0.15) is 59.8 Å². The Morgan fingerprint density at radius 3 is 2.41 bits per heavy atom. The zero-order chi connectivity index (χ0) is 12.6. The number of nitrogens with one attached hydrogen (secondary N) is 1. The van der Waals surface area contributed by atoms with Gasteiger partial charge < -0.3 is 10.1 Å². The molecule has 0 fully saturated rings. The molecule has 3 nitrogen and oxygen atoms in total. The van der Waals surface area contributed by atoms with Gasteiger partial charge in [0.2, 0.25) is 0 Å². The van der Waals surface area contributed by atoms with Crippen molar-refractivity contribution in [1.29, 1.82) is 0 Å². The van der Waals surface area contributed by atoms with E-state index < -0.39 is 5.97 Å². The molecular formula is C13H17NO2S. The third-order valence-corrected chi connectivity index (χ3v) is 3.67. The van der Waals surface area contributed by atoms with Crippen LogP contribution in [-0.4, -0.2) is 16.1 Å². The van der Waals surface area contributed by atoms with Gasteiger partial charge in [-0.15, -0.1) is 0 Å². The summed E-state index contributed by atoms with van der Waals surface area (Å²) in [6, 6.07) is 0. The fourth-order valence-electron chi connectivity index (χ4n) is 2.59. The molecular weight excluding hydrogens is 234 g/mol. The van der Waals surface area contributed by atoms with E-state index in [9.17, 15) is 9.90 Å². The maximum atomic E-state index is 11.3. The summed E-state index contributed by atoms with van der Waals surface area (Å²) in [5, 5.41) is 9.26. The Morgan fingerprint density at radius 1 is 1.29 bits per heavy atom. The van der Waals surface area contributed by atoms with Crippen molar-refractivity contribution < 1.29 is 9.90 Å². The van der Waals surface area contributed by atoms with E-state index in [-0.39, 0.29) is 0 Å². The minimum atomic E-state index is -0.903. The standard InChI is InChI=1S/C13H17NO2S/c1-7(2)11-9-6-4-3-5-8(9)10(13(15)16)12(17)14-11/h7H,3-6H2,1-2H3,(H,14,17)(H,15,16). The minimum Gasteiger partial charge on any atom is -0.478 e. The highest BCUT2D eigenvalue weighted by atomic mass is 32.1. The number of hydrogen-bond acceptors (Lipinski definition) is 2. The molecule has 0 atom stereocenters. The van der Waals surface area contributed by atoms with Gasteiger partial charge in [-0.1, -0.05) is 26.1 Å². The molecule has 1 aliphatic rings. The highest BCUT2D eigenvalue weighted by molar-refractivity contribution is 7.71. The zero-order valence-corrected chi connectivity index (χ0v) is 11.0. The molecule has 0 radical (unpaired) electrons. The van der Waals surface area contributed by atoms with Gasteiger partial charge in [0.1, 0.15) is 4.64 Å². The molecule has 17 heavy (non-hydrogen) atoms. The number of aromatic nitrogens is 1. The fraction of sp³-hybridized carbons (Fsp3) is 0.538. The summed E-state index contributed by atoms with van der Waals surface area (Å²) in [5.74, 6) is -0.550. The van der Waals surface area contributed by atoms with Crippen LogP contribution in [0, 0.1) is 4.64 Å². The number of aromatic carboxylic acids is 1. The Kier molecular flexibility index (Phi) is 3.33. The van der Waals surface area contributed by atoms with Gasteiger partial charge in [-0.05, 0) is 42.7 Å². The lowest BCUT2D eigenvalue weighted by Crippen LogP contribution is -2.16. The zero-order valence-electron chi connectivity index (χ0n) is 10.2. The molecule has 1 heterocycles. The smallest absolute Gasteiger partial charge is 0.339 e. The van der Waals surface area contributed by atoms with E-state index >= 15 is 0 Å². The summed E-state index contributed by atoms with van der Waals surface area (Å²) in [6.07, 6.45) is 4.00. The van der Waals surface area contributed by atoms with Crippen LogP contribution >= 0.6 is 12.2 Å². The van der Waals surface area contributed by atoms with Gasteiger partial charge in [0, 0.05) is 5.69 Å². The van der Waals surface area contributed by atoms with E-state index in [1.54, 1.807) is 0 Å². The molecule has 0 amide bonds. The van der Waals surface area contributed by atoms with Crippen molar-refractivity contribution in [3.8, 4) is 0 Å². The van der Waals surface area contributed by atoms with Crippen LogP contribution < -0.4 is 0 Å². The van der Waals surface area contributed by atoms with E-state index in [1.165, 1.54) is 5.56 Å². The minimum absolute atomic E-state index is 0.319. The average Bonchev–Trinajstić information content (AvgIpc) is 2.27. The second-order valence-electron chi connectivity index (χ2n) is 4.87. The predicted molar refractivity (Wildman–Crippen MR) is 69.3 cm³/mol. The lowest BCUT2D eigenvalue weighted by atomic mass is 9.85. The van der Waals surface area contributed by atoms with Crippen LogP contribution in [0.15, 0.2) is 0 Å². The van der Waals surface area contributed by atoms with Gasteiger partial charge in [0.25, 0.3) is 0 Å². The average molecular weight is 251 g/mol. The molecule has 0 saturated carbocycles. The van der Waals surface area contributed by atoms with E-state index in [4.69, 9.17) is 12.2 Å². The normalized spacial score (nSPS) is 14.8. The van der Waals surface area contributed by atoms with Crippen molar-refractivity contribution in [1.82, 2.24) is 4.98 Å². The van der Waals surface area contributed by atoms with Gasteiger partial charge in [-0.25, -0.2) is 4.79 Å². The first-order valence-corrected chi connectivity index (χ1v) is 6.44. The Bertz CT molecular complexity index is 517. The molecule has 0 spiro atoms. The maximum absolute atomic E-state index is 11.3. The summed E-state index contributed by atoms with van der Waals surface area (Å²) in [4.78, 5) is 14.4. The van der Waals surface area contributed by atoms with Crippen LogP contribution in [0.2, 0.25) is 0 Å². The quantitative estimate of drug-likeness (QED) is 0.792. The number of rotatable bonds is 2. The van der Waals surface area contributed by atoms with Crippen molar-refractivity contribution >= 4 is 18.2 Å². The largest absolute Gasteiger partial charge is 0.478 e. The Morgan fingerprint density at radius 2 is 1.88 bits per heavy atom. The Balaban J connectivity index is 2.74. The summed E-state index contributed by atoms with van der Waals surface area (Å²) in [6.45, 7) is 4.21. The first kappa shape index (κ1) is 12.3. The predicted octanol–water partition coefficient (Wildman–Crippen LogP) is 3.44. The number of hydrogen-bond donors (Lipinski definition) is 2. The lowest BCUT2D eigenvalue weighted by Gasteiger charge is -2.23. The summed E-state index contributed by atoms with van der Waals surface area (Å²) in [7, 11) is 0. The first-order valence-electron chi connectivity index (χ1n) is 6.03.